The van der Waals surface area contributed by atoms with Gasteiger partial charge in [0.15, 0.2) is 11.4 Å². The maximum Gasteiger partial charge on any atom is 0.233 e. The first-order valence-corrected chi connectivity index (χ1v) is 13.6. The van der Waals surface area contributed by atoms with E-state index >= 15 is 0 Å². The third kappa shape index (κ3) is 4.25. The fourth-order valence-corrected chi connectivity index (χ4v) is 9.21. The number of carbonyl (C=O) groups is 3. The molecule has 4 fully saturated rings. The van der Waals surface area contributed by atoms with Crippen molar-refractivity contribution in [3.8, 4) is 0 Å². The van der Waals surface area contributed by atoms with E-state index in [1.165, 1.54) is 49.8 Å². The Morgan fingerprint density at radius 3 is 2.52 bits per heavy atom. The molecule has 0 saturated heterocycles. The molecule has 0 aromatic rings. The average molecular weight is 448 g/mol. The van der Waals surface area contributed by atoms with Crippen molar-refractivity contribution in [1.29, 1.82) is 0 Å². The number of ketones is 1. The Morgan fingerprint density at radius 1 is 1.03 bits per heavy atom. The standard InChI is InChI=1S/C26H41NO3S/c1-16-5-7-19-18(11-16)6-8-21-20(19)9-10-26(3)22(12-17(2)25(21)26)23(29)13-27(4)24(30)14-31-15-28/h15-22,25H,5-14H2,1-4H3. The molecule has 0 spiro atoms. The van der Waals surface area contributed by atoms with Crippen molar-refractivity contribution >= 4 is 29.1 Å². The maximum atomic E-state index is 13.4. The molecule has 4 aliphatic carbocycles. The number of thioether (sulfide) groups is 1. The van der Waals surface area contributed by atoms with E-state index in [4.69, 9.17) is 0 Å². The van der Waals surface area contributed by atoms with Gasteiger partial charge in [0.2, 0.25) is 5.91 Å². The molecular formula is C26H41NO3S. The molecule has 0 bridgehead atoms. The van der Waals surface area contributed by atoms with Crippen LogP contribution in [0.15, 0.2) is 0 Å². The summed E-state index contributed by atoms with van der Waals surface area (Å²) in [5, 5.41) is 0. The molecule has 4 saturated carbocycles. The topological polar surface area (TPSA) is 54.5 Å². The van der Waals surface area contributed by atoms with Crippen molar-refractivity contribution in [2.75, 3.05) is 19.3 Å². The molecule has 0 aromatic heterocycles. The summed E-state index contributed by atoms with van der Waals surface area (Å²) in [6, 6.07) is 0. The van der Waals surface area contributed by atoms with Gasteiger partial charge in [0.05, 0.1) is 12.3 Å². The van der Waals surface area contributed by atoms with Crippen LogP contribution in [0.4, 0.5) is 0 Å². The van der Waals surface area contributed by atoms with Gasteiger partial charge in [-0.1, -0.05) is 39.0 Å². The first kappa shape index (κ1) is 23.3. The molecule has 4 nitrogen and oxygen atoms in total. The second-order valence-electron chi connectivity index (χ2n) is 11.7. The minimum atomic E-state index is -0.133. The number of carbonyl (C=O) groups excluding carboxylic acids is 3. The number of amides is 1. The Kier molecular flexibility index (Phi) is 6.91. The first-order valence-electron chi connectivity index (χ1n) is 12.6. The van der Waals surface area contributed by atoms with E-state index in [1.54, 1.807) is 7.05 Å². The van der Waals surface area contributed by atoms with Crippen LogP contribution in [0.3, 0.4) is 0 Å². The number of rotatable bonds is 6. The monoisotopic (exact) mass is 447 g/mol. The highest BCUT2D eigenvalue weighted by Gasteiger charge is 2.60. The SMILES string of the molecule is CC1CCC2C(CCC3C2CCC2(C)C(C(=O)CN(C)C(=O)CSC=O)CC(C)C32)C1. The molecule has 5 heteroatoms. The largest absolute Gasteiger partial charge is 0.338 e. The Morgan fingerprint density at radius 2 is 1.77 bits per heavy atom. The summed E-state index contributed by atoms with van der Waals surface area (Å²) in [5.74, 6) is 6.02. The second-order valence-corrected chi connectivity index (χ2v) is 12.5. The van der Waals surface area contributed by atoms with Crippen LogP contribution in [0.25, 0.3) is 0 Å². The van der Waals surface area contributed by atoms with Crippen LogP contribution in [0, 0.1) is 52.8 Å². The van der Waals surface area contributed by atoms with Gasteiger partial charge in [0, 0.05) is 13.0 Å². The summed E-state index contributed by atoms with van der Waals surface area (Å²) in [5.41, 5.74) is 0.784. The zero-order valence-electron chi connectivity index (χ0n) is 19.8. The predicted octanol–water partition coefficient (Wildman–Crippen LogP) is 5.09. The number of nitrogens with zero attached hydrogens (tertiary/aromatic N) is 1. The van der Waals surface area contributed by atoms with Gasteiger partial charge in [-0.2, -0.15) is 0 Å². The Labute approximate surface area is 192 Å². The van der Waals surface area contributed by atoms with Crippen LogP contribution >= 0.6 is 11.8 Å². The van der Waals surface area contributed by atoms with Crippen molar-refractivity contribution < 1.29 is 14.4 Å². The van der Waals surface area contributed by atoms with Crippen LogP contribution in [-0.2, 0) is 14.4 Å². The zero-order chi connectivity index (χ0) is 22.3. The molecule has 4 rings (SSSR count). The van der Waals surface area contributed by atoms with Crippen molar-refractivity contribution in [3.63, 3.8) is 0 Å². The second kappa shape index (κ2) is 9.19. The van der Waals surface area contributed by atoms with Gasteiger partial charge in [0.25, 0.3) is 0 Å². The molecule has 0 aromatic carbocycles. The lowest BCUT2D eigenvalue weighted by Crippen LogP contribution is -2.50. The highest BCUT2D eigenvalue weighted by atomic mass is 32.2. The molecular weight excluding hydrogens is 406 g/mol. The van der Waals surface area contributed by atoms with Crippen molar-refractivity contribution in [2.24, 2.45) is 52.8 Å². The minimum Gasteiger partial charge on any atom is -0.338 e. The Bertz CT molecular complexity index is 711. The molecule has 174 valence electrons. The lowest BCUT2D eigenvalue weighted by Gasteiger charge is -2.56. The van der Waals surface area contributed by atoms with Gasteiger partial charge in [-0.05, 0) is 91.8 Å². The van der Waals surface area contributed by atoms with Crippen LogP contribution in [0.5, 0.6) is 0 Å². The van der Waals surface area contributed by atoms with E-state index < -0.39 is 0 Å². The smallest absolute Gasteiger partial charge is 0.233 e. The van der Waals surface area contributed by atoms with E-state index in [0.29, 0.717) is 17.5 Å². The maximum absolute atomic E-state index is 13.4. The number of hydrogen-bond donors (Lipinski definition) is 0. The number of Topliss-reactive ketones (excluding diaryl/α,β-unsaturated/α-hetero) is 1. The minimum absolute atomic E-state index is 0.0755. The van der Waals surface area contributed by atoms with E-state index in [1.807, 2.05) is 0 Å². The van der Waals surface area contributed by atoms with Gasteiger partial charge in [-0.15, -0.1) is 0 Å². The summed E-state index contributed by atoms with van der Waals surface area (Å²) in [6.07, 6.45) is 10.5. The van der Waals surface area contributed by atoms with Gasteiger partial charge >= 0.3 is 0 Å². The van der Waals surface area contributed by atoms with Crippen molar-refractivity contribution in [3.05, 3.63) is 0 Å². The summed E-state index contributed by atoms with van der Waals surface area (Å²) in [6.45, 7) is 7.42. The summed E-state index contributed by atoms with van der Waals surface area (Å²) in [4.78, 5) is 37.7. The fraction of sp³-hybridized carbons (Fsp3) is 0.885. The molecule has 31 heavy (non-hydrogen) atoms. The predicted molar refractivity (Wildman–Crippen MR) is 126 cm³/mol. The molecule has 4 aliphatic rings. The molecule has 0 N–H and O–H groups in total. The van der Waals surface area contributed by atoms with E-state index in [9.17, 15) is 14.4 Å². The highest BCUT2D eigenvalue weighted by molar-refractivity contribution is 8.12. The Balaban J connectivity index is 1.46. The highest BCUT2D eigenvalue weighted by Crippen LogP contribution is 2.66. The van der Waals surface area contributed by atoms with Crippen molar-refractivity contribution in [1.82, 2.24) is 4.90 Å². The van der Waals surface area contributed by atoms with Crippen LogP contribution in [0.1, 0.15) is 72.1 Å². The summed E-state index contributed by atoms with van der Waals surface area (Å²) < 4.78 is 0. The van der Waals surface area contributed by atoms with Crippen LogP contribution in [-0.4, -0.2) is 41.6 Å². The molecule has 0 aliphatic heterocycles. The van der Waals surface area contributed by atoms with E-state index in [-0.39, 0.29) is 35.3 Å². The number of likely N-dealkylation sites (N-methyl/N-ethyl adjacent to an activating group) is 1. The first-order chi connectivity index (χ1) is 14.8. The molecule has 0 radical (unpaired) electrons. The third-order valence-electron chi connectivity index (χ3n) is 10.0. The van der Waals surface area contributed by atoms with Gasteiger partial charge in [0.1, 0.15) is 0 Å². The van der Waals surface area contributed by atoms with Crippen molar-refractivity contribution in [2.45, 2.75) is 72.1 Å². The van der Waals surface area contributed by atoms with Crippen LogP contribution < -0.4 is 0 Å². The normalized spacial score (nSPS) is 44.0. The van der Waals surface area contributed by atoms with Gasteiger partial charge in [-0.3, -0.25) is 14.4 Å². The average Bonchev–Trinajstić information content (AvgIpc) is 3.02. The molecule has 0 heterocycles. The lowest BCUT2D eigenvalue weighted by atomic mass is 9.48. The molecule has 9 atom stereocenters. The summed E-state index contributed by atoms with van der Waals surface area (Å²) >= 11 is 0.960. The van der Waals surface area contributed by atoms with E-state index in [2.05, 4.69) is 20.8 Å². The summed E-state index contributed by atoms with van der Waals surface area (Å²) in [7, 11) is 1.70. The fourth-order valence-electron chi connectivity index (χ4n) is 8.78. The Hall–Kier alpha value is -0.840. The zero-order valence-corrected chi connectivity index (χ0v) is 20.7. The van der Waals surface area contributed by atoms with Gasteiger partial charge in [-0.25, -0.2) is 0 Å². The van der Waals surface area contributed by atoms with Gasteiger partial charge < -0.3 is 4.90 Å². The number of fused-ring (bicyclic) bond motifs is 5. The van der Waals surface area contributed by atoms with Crippen LogP contribution in [0.2, 0.25) is 0 Å². The lowest BCUT2D eigenvalue weighted by molar-refractivity contribution is -0.137. The number of hydrogen-bond acceptors (Lipinski definition) is 4. The molecule has 1 amide bonds. The third-order valence-corrected chi connectivity index (χ3v) is 10.6. The molecule has 9 unspecified atom stereocenters. The van der Waals surface area contributed by atoms with E-state index in [0.717, 1.165) is 47.8 Å². The quantitative estimate of drug-likeness (QED) is 0.532.